The maximum Gasteiger partial charge on any atom is 0.407 e. The molecule has 0 radical (unpaired) electrons. The fourth-order valence-electron chi connectivity index (χ4n) is 2.13. The Hall–Kier alpha value is -1.92. The van der Waals surface area contributed by atoms with E-state index < -0.39 is 11.9 Å². The highest BCUT2D eigenvalue weighted by molar-refractivity contribution is 5.66. The van der Waals surface area contributed by atoms with Gasteiger partial charge in [0.05, 0.1) is 12.4 Å². The van der Waals surface area contributed by atoms with Gasteiger partial charge in [0.15, 0.2) is 5.82 Å². The van der Waals surface area contributed by atoms with Gasteiger partial charge in [-0.1, -0.05) is 0 Å². The monoisotopic (exact) mass is 254 g/mol. The Labute approximate surface area is 104 Å². The molecule has 1 amide bonds. The molecule has 1 saturated heterocycles. The first kappa shape index (κ1) is 12.5. The number of rotatable bonds is 1. The van der Waals surface area contributed by atoms with Crippen molar-refractivity contribution in [3.8, 4) is 0 Å². The van der Waals surface area contributed by atoms with Gasteiger partial charge in [0.2, 0.25) is 5.95 Å². The molecule has 0 saturated carbocycles. The molecule has 98 valence electrons. The van der Waals surface area contributed by atoms with E-state index in [1.807, 2.05) is 18.7 Å². The topological polar surface area (TPSA) is 69.6 Å². The van der Waals surface area contributed by atoms with E-state index in [9.17, 15) is 9.18 Å². The summed E-state index contributed by atoms with van der Waals surface area (Å²) in [6.45, 7) is 4.61. The van der Waals surface area contributed by atoms with Gasteiger partial charge in [0.25, 0.3) is 0 Å². The lowest BCUT2D eigenvalue weighted by Crippen LogP contribution is -2.58. The van der Waals surface area contributed by atoms with E-state index in [-0.39, 0.29) is 12.1 Å². The molecular formula is C11H15FN4O2. The zero-order chi connectivity index (χ0) is 13.3. The average molecular weight is 254 g/mol. The number of carboxylic acid groups (broad SMARTS) is 1. The van der Waals surface area contributed by atoms with Crippen molar-refractivity contribution in [2.45, 2.75) is 25.9 Å². The Morgan fingerprint density at radius 1 is 1.33 bits per heavy atom. The number of amides is 1. The summed E-state index contributed by atoms with van der Waals surface area (Å²) in [5, 5.41) is 9.05. The largest absolute Gasteiger partial charge is 0.465 e. The predicted octanol–water partition coefficient (Wildman–Crippen LogP) is 1.19. The van der Waals surface area contributed by atoms with Crippen LogP contribution in [-0.2, 0) is 0 Å². The van der Waals surface area contributed by atoms with Crippen LogP contribution in [-0.4, -0.2) is 51.2 Å². The molecule has 2 atom stereocenters. The van der Waals surface area contributed by atoms with Gasteiger partial charge < -0.3 is 14.9 Å². The fourth-order valence-corrected chi connectivity index (χ4v) is 2.13. The molecule has 1 fully saturated rings. The molecule has 0 aliphatic carbocycles. The molecule has 0 spiro atoms. The Morgan fingerprint density at radius 3 is 2.50 bits per heavy atom. The average Bonchev–Trinajstić information content (AvgIpc) is 2.32. The highest BCUT2D eigenvalue weighted by atomic mass is 19.1. The molecule has 1 N–H and O–H groups in total. The summed E-state index contributed by atoms with van der Waals surface area (Å²) in [7, 11) is 0. The van der Waals surface area contributed by atoms with Crippen LogP contribution in [0.25, 0.3) is 0 Å². The van der Waals surface area contributed by atoms with Crippen LogP contribution in [0.4, 0.5) is 15.1 Å². The first-order valence-electron chi connectivity index (χ1n) is 5.72. The highest BCUT2D eigenvalue weighted by Gasteiger charge is 2.32. The van der Waals surface area contributed by atoms with Crippen molar-refractivity contribution in [3.05, 3.63) is 18.2 Å². The molecule has 6 nitrogen and oxygen atoms in total. The van der Waals surface area contributed by atoms with Gasteiger partial charge in [0.1, 0.15) is 0 Å². The highest BCUT2D eigenvalue weighted by Crippen LogP contribution is 2.19. The lowest BCUT2D eigenvalue weighted by molar-refractivity contribution is 0.114. The molecule has 7 heteroatoms. The van der Waals surface area contributed by atoms with Crippen molar-refractivity contribution in [3.63, 3.8) is 0 Å². The van der Waals surface area contributed by atoms with Gasteiger partial charge in [0, 0.05) is 25.2 Å². The van der Waals surface area contributed by atoms with Crippen molar-refractivity contribution in [2.24, 2.45) is 0 Å². The standard InChI is InChI=1S/C11H15FN4O2/c1-7-6-16(11(17)18)8(2)5-15(7)10-13-3-9(12)4-14-10/h3-4,7-8H,5-6H2,1-2H3,(H,17,18)/t7-,8+/m0/s1. The lowest BCUT2D eigenvalue weighted by atomic mass is 10.1. The smallest absolute Gasteiger partial charge is 0.407 e. The van der Waals surface area contributed by atoms with E-state index in [0.29, 0.717) is 19.0 Å². The van der Waals surface area contributed by atoms with Crippen molar-refractivity contribution >= 4 is 12.0 Å². The maximum absolute atomic E-state index is 12.8. The first-order valence-corrected chi connectivity index (χ1v) is 5.72. The number of anilines is 1. The molecule has 0 aromatic carbocycles. The minimum Gasteiger partial charge on any atom is -0.465 e. The van der Waals surface area contributed by atoms with Gasteiger partial charge in [-0.05, 0) is 13.8 Å². The summed E-state index contributed by atoms with van der Waals surface area (Å²) >= 11 is 0. The Morgan fingerprint density at radius 2 is 1.94 bits per heavy atom. The van der Waals surface area contributed by atoms with E-state index in [1.165, 1.54) is 4.90 Å². The van der Waals surface area contributed by atoms with E-state index in [2.05, 4.69) is 9.97 Å². The Bertz CT molecular complexity index is 439. The van der Waals surface area contributed by atoms with Crippen LogP contribution in [0.2, 0.25) is 0 Å². The van der Waals surface area contributed by atoms with Crippen molar-refractivity contribution in [2.75, 3.05) is 18.0 Å². The molecule has 0 bridgehead atoms. The second-order valence-electron chi connectivity index (χ2n) is 4.49. The van der Waals surface area contributed by atoms with Crippen LogP contribution in [0.5, 0.6) is 0 Å². The zero-order valence-electron chi connectivity index (χ0n) is 10.2. The molecule has 2 heterocycles. The fraction of sp³-hybridized carbons (Fsp3) is 0.545. The summed E-state index contributed by atoms with van der Waals surface area (Å²) < 4.78 is 12.8. The molecule has 1 aromatic rings. The van der Waals surface area contributed by atoms with Crippen molar-refractivity contribution < 1.29 is 14.3 Å². The number of piperazine rings is 1. The van der Waals surface area contributed by atoms with E-state index in [4.69, 9.17) is 5.11 Å². The number of hydrogen-bond donors (Lipinski definition) is 1. The van der Waals surface area contributed by atoms with E-state index >= 15 is 0 Å². The Balaban J connectivity index is 2.16. The summed E-state index contributed by atoms with van der Waals surface area (Å²) in [6, 6.07) is -0.185. The minimum absolute atomic E-state index is 0.0391. The molecule has 1 aliphatic rings. The molecule has 1 aliphatic heterocycles. The molecule has 1 aromatic heterocycles. The van der Waals surface area contributed by atoms with Gasteiger partial charge in [-0.2, -0.15) is 0 Å². The first-order chi connectivity index (χ1) is 8.49. The quantitative estimate of drug-likeness (QED) is 0.815. The second kappa shape index (κ2) is 4.75. The van der Waals surface area contributed by atoms with E-state index in [1.54, 1.807) is 0 Å². The number of aromatic nitrogens is 2. The van der Waals surface area contributed by atoms with E-state index in [0.717, 1.165) is 12.4 Å². The van der Waals surface area contributed by atoms with Gasteiger partial charge in [-0.15, -0.1) is 0 Å². The normalized spacial score (nSPS) is 24.2. The lowest BCUT2D eigenvalue weighted by Gasteiger charge is -2.42. The minimum atomic E-state index is -0.922. The maximum atomic E-state index is 12.8. The van der Waals surface area contributed by atoms with Crippen molar-refractivity contribution in [1.29, 1.82) is 0 Å². The molecular weight excluding hydrogens is 239 g/mol. The second-order valence-corrected chi connectivity index (χ2v) is 4.49. The van der Waals surface area contributed by atoms with Gasteiger partial charge in [-0.3, -0.25) is 0 Å². The van der Waals surface area contributed by atoms with Gasteiger partial charge >= 0.3 is 6.09 Å². The van der Waals surface area contributed by atoms with Crippen LogP contribution in [0, 0.1) is 5.82 Å². The van der Waals surface area contributed by atoms with Crippen LogP contribution < -0.4 is 4.90 Å². The third kappa shape index (κ3) is 2.34. The van der Waals surface area contributed by atoms with Gasteiger partial charge in [-0.25, -0.2) is 19.2 Å². The van der Waals surface area contributed by atoms with Crippen LogP contribution in [0.1, 0.15) is 13.8 Å². The summed E-state index contributed by atoms with van der Waals surface area (Å²) in [5.74, 6) is -0.0515. The summed E-state index contributed by atoms with van der Waals surface area (Å²) in [4.78, 5) is 22.2. The zero-order valence-corrected chi connectivity index (χ0v) is 10.2. The summed E-state index contributed by atoms with van der Waals surface area (Å²) in [5.41, 5.74) is 0. The number of nitrogens with zero attached hydrogens (tertiary/aromatic N) is 4. The number of hydrogen-bond acceptors (Lipinski definition) is 4. The molecule has 18 heavy (non-hydrogen) atoms. The number of carbonyl (C=O) groups is 1. The third-order valence-corrected chi connectivity index (χ3v) is 3.10. The SMILES string of the molecule is C[C@@H]1CN(c2ncc(F)cn2)[C@@H](C)CN1C(=O)O. The summed E-state index contributed by atoms with van der Waals surface area (Å²) in [6.07, 6.45) is 1.31. The van der Waals surface area contributed by atoms with Crippen LogP contribution >= 0.6 is 0 Å². The van der Waals surface area contributed by atoms with Crippen LogP contribution in [0.15, 0.2) is 12.4 Å². The molecule has 0 unspecified atom stereocenters. The predicted molar refractivity (Wildman–Crippen MR) is 63.0 cm³/mol. The van der Waals surface area contributed by atoms with Crippen LogP contribution in [0.3, 0.4) is 0 Å². The van der Waals surface area contributed by atoms with Crippen molar-refractivity contribution in [1.82, 2.24) is 14.9 Å². The number of halogens is 1. The third-order valence-electron chi connectivity index (χ3n) is 3.10. The Kier molecular flexibility index (Phi) is 3.31. The molecule has 2 rings (SSSR count).